The molecule has 2 N–H and O–H groups in total. The van der Waals surface area contributed by atoms with E-state index < -0.39 is 0 Å². The molecule has 4 nitrogen and oxygen atoms in total. The fourth-order valence-electron chi connectivity index (χ4n) is 2.68. The van der Waals surface area contributed by atoms with E-state index in [2.05, 4.69) is 23.5 Å². The smallest absolute Gasteiger partial charge is 0.191 e. The summed E-state index contributed by atoms with van der Waals surface area (Å²) in [6.45, 7) is 8.78. The zero-order chi connectivity index (χ0) is 15.7. The summed E-state index contributed by atoms with van der Waals surface area (Å²) in [7, 11) is 0. The molecule has 0 amide bonds. The van der Waals surface area contributed by atoms with Gasteiger partial charge in [0.1, 0.15) is 10.6 Å². The molecule has 1 aliphatic heterocycles. The Hall–Kier alpha value is -1.11. The van der Waals surface area contributed by atoms with Crippen LogP contribution in [0.3, 0.4) is 0 Å². The number of rotatable bonds is 5. The quantitative estimate of drug-likeness (QED) is 0.504. The Kier molecular flexibility index (Phi) is 4.70. The molecule has 2 aromatic rings. The number of thioether (sulfide) groups is 1. The number of aromatic nitrogens is 2. The maximum atomic E-state index is 6.23. The third-order valence-corrected chi connectivity index (χ3v) is 5.86. The van der Waals surface area contributed by atoms with Crippen molar-refractivity contribution >= 4 is 39.1 Å². The van der Waals surface area contributed by atoms with E-state index in [1.54, 1.807) is 23.1 Å². The van der Waals surface area contributed by atoms with Gasteiger partial charge in [-0.15, -0.1) is 11.3 Å². The highest BCUT2D eigenvalue weighted by Gasteiger charge is 2.25. The minimum atomic E-state index is 0.298. The van der Waals surface area contributed by atoms with E-state index in [0.717, 1.165) is 46.0 Å². The first-order valence-electron chi connectivity index (χ1n) is 7.55. The summed E-state index contributed by atoms with van der Waals surface area (Å²) in [6.07, 6.45) is 3.45. The van der Waals surface area contributed by atoms with E-state index in [-0.39, 0.29) is 0 Å². The van der Waals surface area contributed by atoms with Gasteiger partial charge >= 0.3 is 0 Å². The molecule has 2 aromatic heterocycles. The van der Waals surface area contributed by atoms with Crippen LogP contribution in [0.5, 0.6) is 0 Å². The van der Waals surface area contributed by atoms with Crippen molar-refractivity contribution in [2.75, 3.05) is 11.5 Å². The van der Waals surface area contributed by atoms with E-state index in [0.29, 0.717) is 18.5 Å². The molecule has 0 aliphatic carbocycles. The lowest BCUT2D eigenvalue weighted by Gasteiger charge is -2.22. The Balaban J connectivity index is 1.95. The number of nitrogen functional groups attached to an aromatic ring is 1. The third-order valence-electron chi connectivity index (χ3n) is 3.68. The van der Waals surface area contributed by atoms with Gasteiger partial charge in [-0.05, 0) is 18.9 Å². The van der Waals surface area contributed by atoms with Gasteiger partial charge in [-0.3, -0.25) is 0 Å². The number of hydrogen-bond acceptors (Lipinski definition) is 6. The first-order chi connectivity index (χ1) is 10.6. The molecular weight excluding hydrogens is 314 g/mol. The topological polar surface area (TPSA) is 61.0 Å². The molecular formula is C16H21N3OS2. The summed E-state index contributed by atoms with van der Waals surface area (Å²) >= 11 is 3.28. The van der Waals surface area contributed by atoms with Crippen LogP contribution < -0.4 is 5.73 Å². The zero-order valence-corrected chi connectivity index (χ0v) is 14.6. The average molecular weight is 335 g/mol. The van der Waals surface area contributed by atoms with E-state index in [1.807, 2.05) is 6.92 Å². The van der Waals surface area contributed by atoms with Crippen molar-refractivity contribution in [3.8, 4) is 0 Å². The monoisotopic (exact) mass is 335 g/mol. The Morgan fingerprint density at radius 1 is 1.50 bits per heavy atom. The second-order valence-electron chi connectivity index (χ2n) is 5.75. The van der Waals surface area contributed by atoms with Gasteiger partial charge in [-0.2, -0.15) is 0 Å². The summed E-state index contributed by atoms with van der Waals surface area (Å²) < 4.78 is 5.93. The molecule has 0 saturated heterocycles. The zero-order valence-electron chi connectivity index (χ0n) is 13.0. The van der Waals surface area contributed by atoms with Crippen molar-refractivity contribution < 1.29 is 4.74 Å². The molecule has 6 heteroatoms. The predicted octanol–water partition coefficient (Wildman–Crippen LogP) is 4.18. The average Bonchev–Trinajstić information content (AvgIpc) is 2.83. The van der Waals surface area contributed by atoms with E-state index in [4.69, 9.17) is 10.5 Å². The molecule has 22 heavy (non-hydrogen) atoms. The lowest BCUT2D eigenvalue weighted by atomic mass is 10.0. The van der Waals surface area contributed by atoms with Crippen molar-refractivity contribution in [3.05, 3.63) is 22.6 Å². The van der Waals surface area contributed by atoms with Crippen molar-refractivity contribution in [1.29, 1.82) is 0 Å². The van der Waals surface area contributed by atoms with Crippen molar-refractivity contribution in [1.82, 2.24) is 9.97 Å². The normalized spacial score (nSPS) is 17.6. The molecule has 0 saturated carbocycles. The number of nitrogens with zero attached hydrogens (tertiary/aromatic N) is 2. The molecule has 0 fully saturated rings. The van der Waals surface area contributed by atoms with E-state index >= 15 is 0 Å². The number of nitrogens with two attached hydrogens (primary N) is 1. The fourth-order valence-corrected chi connectivity index (χ4v) is 4.57. The van der Waals surface area contributed by atoms with Crippen LogP contribution in [0.2, 0.25) is 0 Å². The lowest BCUT2D eigenvalue weighted by Crippen LogP contribution is -2.21. The van der Waals surface area contributed by atoms with Crippen molar-refractivity contribution in [2.45, 2.75) is 51.0 Å². The Morgan fingerprint density at radius 3 is 3.05 bits per heavy atom. The number of hydrogen-bond donors (Lipinski definition) is 1. The summed E-state index contributed by atoms with van der Waals surface area (Å²) in [5, 5.41) is 1.78. The molecule has 3 rings (SSSR count). The molecule has 0 spiro atoms. The third kappa shape index (κ3) is 3.14. The van der Waals surface area contributed by atoms with Gasteiger partial charge < -0.3 is 10.5 Å². The van der Waals surface area contributed by atoms with E-state index in [9.17, 15) is 0 Å². The van der Waals surface area contributed by atoms with Crippen LogP contribution in [-0.4, -0.2) is 21.8 Å². The number of fused-ring (bicyclic) bond motifs is 3. The Morgan fingerprint density at radius 2 is 2.32 bits per heavy atom. The first kappa shape index (κ1) is 15.8. The molecule has 0 aromatic carbocycles. The molecule has 1 atom stereocenters. The summed E-state index contributed by atoms with van der Waals surface area (Å²) in [5.74, 6) is 1.42. The van der Waals surface area contributed by atoms with Crippen LogP contribution in [0, 0.1) is 0 Å². The van der Waals surface area contributed by atoms with Crippen LogP contribution in [0.25, 0.3) is 10.2 Å². The fraction of sp³-hybridized carbons (Fsp3) is 0.500. The maximum absolute atomic E-state index is 6.23. The number of ether oxygens (including phenoxy) is 1. The van der Waals surface area contributed by atoms with Gasteiger partial charge in [0, 0.05) is 17.1 Å². The van der Waals surface area contributed by atoms with Crippen LogP contribution >= 0.6 is 23.1 Å². The van der Waals surface area contributed by atoms with Crippen LogP contribution in [0.15, 0.2) is 17.3 Å². The van der Waals surface area contributed by atoms with Gasteiger partial charge in [0.15, 0.2) is 5.16 Å². The summed E-state index contributed by atoms with van der Waals surface area (Å²) in [6, 6.07) is 0. The van der Waals surface area contributed by atoms with Gasteiger partial charge in [0.25, 0.3) is 0 Å². The SMILES string of the molecule is C=C(C)CSc1nc(N)c2c3c(sc2n1)CO[C@@H](CCC)C3. The minimum absolute atomic E-state index is 0.298. The molecule has 0 bridgehead atoms. The molecule has 118 valence electrons. The largest absolute Gasteiger partial charge is 0.383 e. The summed E-state index contributed by atoms with van der Waals surface area (Å²) in [4.78, 5) is 11.4. The first-order valence-corrected chi connectivity index (χ1v) is 9.35. The van der Waals surface area contributed by atoms with Crippen molar-refractivity contribution in [3.63, 3.8) is 0 Å². The lowest BCUT2D eigenvalue weighted by molar-refractivity contribution is 0.0254. The van der Waals surface area contributed by atoms with Crippen LogP contribution in [-0.2, 0) is 17.8 Å². The number of thiophene rings is 1. The molecule has 3 heterocycles. The van der Waals surface area contributed by atoms with Crippen molar-refractivity contribution in [2.24, 2.45) is 0 Å². The van der Waals surface area contributed by atoms with Gasteiger partial charge in [-0.25, -0.2) is 9.97 Å². The van der Waals surface area contributed by atoms with Gasteiger partial charge in [0.05, 0.1) is 18.1 Å². The second-order valence-corrected chi connectivity index (χ2v) is 7.77. The molecule has 1 aliphatic rings. The maximum Gasteiger partial charge on any atom is 0.191 e. The highest BCUT2D eigenvalue weighted by molar-refractivity contribution is 7.99. The van der Waals surface area contributed by atoms with Gasteiger partial charge in [-0.1, -0.05) is 37.3 Å². The Bertz CT molecular complexity index is 711. The van der Waals surface area contributed by atoms with Crippen LogP contribution in [0.1, 0.15) is 37.1 Å². The number of anilines is 1. The van der Waals surface area contributed by atoms with Crippen LogP contribution in [0.4, 0.5) is 5.82 Å². The highest BCUT2D eigenvalue weighted by Crippen LogP contribution is 2.39. The minimum Gasteiger partial charge on any atom is -0.383 e. The second kappa shape index (κ2) is 6.56. The Labute approximate surface area is 139 Å². The molecule has 0 unspecified atom stereocenters. The standard InChI is InChI=1S/C16H21N3OS2/c1-4-5-10-6-11-12(7-20-10)22-15-13(11)14(17)18-16(19-15)21-8-9(2)3/h10H,2,4-8H2,1,3H3,(H2,17,18,19)/t10-/m0/s1. The van der Waals surface area contributed by atoms with Gasteiger partial charge in [0.2, 0.25) is 0 Å². The molecule has 0 radical (unpaired) electrons. The van der Waals surface area contributed by atoms with E-state index in [1.165, 1.54) is 10.4 Å². The predicted molar refractivity (Wildman–Crippen MR) is 94.6 cm³/mol. The highest BCUT2D eigenvalue weighted by atomic mass is 32.2. The summed E-state index contributed by atoms with van der Waals surface area (Å²) in [5.41, 5.74) is 8.64.